The highest BCUT2D eigenvalue weighted by molar-refractivity contribution is 5.91. The number of carbonyl (C=O) groups excluding carboxylic acids is 1. The van der Waals surface area contributed by atoms with Gasteiger partial charge in [-0.1, -0.05) is 38.1 Å². The van der Waals surface area contributed by atoms with Crippen molar-refractivity contribution in [2.75, 3.05) is 0 Å². The summed E-state index contributed by atoms with van der Waals surface area (Å²) in [5.74, 6) is -2.04. The van der Waals surface area contributed by atoms with Gasteiger partial charge < -0.3 is 10.4 Å². The summed E-state index contributed by atoms with van der Waals surface area (Å²) < 4.78 is 0. The summed E-state index contributed by atoms with van der Waals surface area (Å²) in [6.07, 6.45) is 0. The standard InChI is InChI=1S/C15H19NO3/c1-9-6-4-5-7-10(9)8-16-13(17)11-12(14(18)19)15(11,2)3/h4-7,11-12H,8H2,1-3H3,(H,16,17)(H,18,19). The summed E-state index contributed by atoms with van der Waals surface area (Å²) in [5, 5.41) is 11.9. The number of hydrogen-bond acceptors (Lipinski definition) is 2. The fourth-order valence-corrected chi connectivity index (χ4v) is 2.69. The Morgan fingerprint density at radius 2 is 1.89 bits per heavy atom. The first-order chi connectivity index (χ1) is 8.85. The van der Waals surface area contributed by atoms with Crippen molar-refractivity contribution in [3.8, 4) is 0 Å². The number of carboxylic acid groups (broad SMARTS) is 1. The van der Waals surface area contributed by atoms with Crippen LogP contribution in [0.5, 0.6) is 0 Å². The molecule has 4 heteroatoms. The molecule has 2 rings (SSSR count). The molecule has 2 N–H and O–H groups in total. The van der Waals surface area contributed by atoms with E-state index in [0.717, 1.165) is 11.1 Å². The van der Waals surface area contributed by atoms with Gasteiger partial charge in [-0.2, -0.15) is 0 Å². The largest absolute Gasteiger partial charge is 0.481 e. The fourth-order valence-electron chi connectivity index (χ4n) is 2.69. The number of amides is 1. The van der Waals surface area contributed by atoms with Gasteiger partial charge in [0.05, 0.1) is 11.8 Å². The minimum atomic E-state index is -0.888. The van der Waals surface area contributed by atoms with Crippen molar-refractivity contribution in [2.45, 2.75) is 27.3 Å². The second kappa shape index (κ2) is 4.68. The van der Waals surface area contributed by atoms with Gasteiger partial charge in [-0.15, -0.1) is 0 Å². The molecule has 0 bridgehead atoms. The van der Waals surface area contributed by atoms with E-state index in [2.05, 4.69) is 5.32 Å². The Morgan fingerprint density at radius 1 is 1.26 bits per heavy atom. The monoisotopic (exact) mass is 261 g/mol. The zero-order valence-electron chi connectivity index (χ0n) is 11.4. The number of rotatable bonds is 4. The van der Waals surface area contributed by atoms with Crippen LogP contribution >= 0.6 is 0 Å². The molecule has 0 spiro atoms. The van der Waals surface area contributed by atoms with E-state index in [1.54, 1.807) is 0 Å². The highest BCUT2D eigenvalue weighted by Crippen LogP contribution is 2.58. The molecule has 1 saturated carbocycles. The molecule has 0 aromatic heterocycles. The predicted molar refractivity (Wildman–Crippen MR) is 71.4 cm³/mol. The lowest BCUT2D eigenvalue weighted by atomic mass is 10.1. The van der Waals surface area contributed by atoms with Crippen LogP contribution in [0, 0.1) is 24.2 Å². The van der Waals surface area contributed by atoms with Crippen LogP contribution in [0.2, 0.25) is 0 Å². The maximum Gasteiger partial charge on any atom is 0.307 e. The Morgan fingerprint density at radius 3 is 2.42 bits per heavy atom. The van der Waals surface area contributed by atoms with Crippen molar-refractivity contribution < 1.29 is 14.7 Å². The topological polar surface area (TPSA) is 66.4 Å². The van der Waals surface area contributed by atoms with E-state index in [1.165, 1.54) is 0 Å². The van der Waals surface area contributed by atoms with Crippen molar-refractivity contribution in [3.63, 3.8) is 0 Å². The molecule has 2 unspecified atom stereocenters. The Hall–Kier alpha value is -1.84. The minimum absolute atomic E-state index is 0.166. The third-order valence-electron chi connectivity index (χ3n) is 4.09. The lowest BCUT2D eigenvalue weighted by molar-refractivity contribution is -0.140. The molecular formula is C15H19NO3. The van der Waals surface area contributed by atoms with Crippen LogP contribution in [0.25, 0.3) is 0 Å². The van der Waals surface area contributed by atoms with E-state index in [4.69, 9.17) is 5.11 Å². The van der Waals surface area contributed by atoms with Crippen molar-refractivity contribution >= 4 is 11.9 Å². The Kier molecular flexibility index (Phi) is 3.35. The van der Waals surface area contributed by atoms with E-state index in [0.29, 0.717) is 6.54 Å². The van der Waals surface area contributed by atoms with Gasteiger partial charge in [-0.05, 0) is 23.5 Å². The van der Waals surface area contributed by atoms with Gasteiger partial charge in [0.15, 0.2) is 0 Å². The van der Waals surface area contributed by atoms with Gasteiger partial charge >= 0.3 is 5.97 Å². The number of hydrogen-bond donors (Lipinski definition) is 2. The lowest BCUT2D eigenvalue weighted by Gasteiger charge is -2.08. The molecule has 0 aliphatic heterocycles. The molecule has 1 fully saturated rings. The van der Waals surface area contributed by atoms with E-state index in [9.17, 15) is 9.59 Å². The normalized spacial score (nSPS) is 23.7. The third kappa shape index (κ3) is 2.48. The molecular weight excluding hydrogens is 242 g/mol. The molecule has 4 nitrogen and oxygen atoms in total. The number of carbonyl (C=O) groups is 2. The smallest absolute Gasteiger partial charge is 0.307 e. The molecule has 102 valence electrons. The second-order valence-corrected chi connectivity index (χ2v) is 5.76. The SMILES string of the molecule is Cc1ccccc1CNC(=O)C1C(C(=O)O)C1(C)C. The summed E-state index contributed by atoms with van der Waals surface area (Å²) >= 11 is 0. The van der Waals surface area contributed by atoms with Crippen LogP contribution in [-0.4, -0.2) is 17.0 Å². The summed E-state index contributed by atoms with van der Waals surface area (Å²) in [7, 11) is 0. The zero-order chi connectivity index (χ0) is 14.2. The summed E-state index contributed by atoms with van der Waals surface area (Å²) in [6, 6.07) is 7.83. The quantitative estimate of drug-likeness (QED) is 0.870. The van der Waals surface area contributed by atoms with Crippen LogP contribution in [0.3, 0.4) is 0 Å². The molecule has 1 amide bonds. The predicted octanol–water partition coefficient (Wildman–Crippen LogP) is 1.97. The van der Waals surface area contributed by atoms with E-state index in [1.807, 2.05) is 45.0 Å². The van der Waals surface area contributed by atoms with Crippen molar-refractivity contribution in [1.29, 1.82) is 0 Å². The first-order valence-electron chi connectivity index (χ1n) is 6.40. The van der Waals surface area contributed by atoms with E-state index in [-0.39, 0.29) is 5.91 Å². The molecule has 19 heavy (non-hydrogen) atoms. The summed E-state index contributed by atoms with van der Waals surface area (Å²) in [4.78, 5) is 23.1. The highest BCUT2D eigenvalue weighted by atomic mass is 16.4. The molecule has 0 radical (unpaired) electrons. The van der Waals surface area contributed by atoms with E-state index >= 15 is 0 Å². The molecule has 0 heterocycles. The van der Waals surface area contributed by atoms with Gasteiger partial charge in [0.25, 0.3) is 0 Å². The van der Waals surface area contributed by atoms with Crippen LogP contribution in [-0.2, 0) is 16.1 Å². The molecule has 1 aliphatic carbocycles. The van der Waals surface area contributed by atoms with Crippen LogP contribution < -0.4 is 5.32 Å². The number of aryl methyl sites for hydroxylation is 1. The molecule has 1 aromatic carbocycles. The number of benzene rings is 1. The molecule has 2 atom stereocenters. The average Bonchev–Trinajstić information content (AvgIpc) is 2.91. The van der Waals surface area contributed by atoms with Crippen molar-refractivity contribution in [2.24, 2.45) is 17.3 Å². The minimum Gasteiger partial charge on any atom is -0.481 e. The second-order valence-electron chi connectivity index (χ2n) is 5.76. The maximum atomic E-state index is 12.0. The number of carboxylic acids is 1. The maximum absolute atomic E-state index is 12.0. The molecule has 1 aromatic rings. The Labute approximate surface area is 112 Å². The van der Waals surface area contributed by atoms with Gasteiger partial charge in [0.1, 0.15) is 0 Å². The first-order valence-corrected chi connectivity index (χ1v) is 6.40. The van der Waals surface area contributed by atoms with Crippen LogP contribution in [0.1, 0.15) is 25.0 Å². The Bertz CT molecular complexity index is 522. The van der Waals surface area contributed by atoms with Crippen molar-refractivity contribution in [3.05, 3.63) is 35.4 Å². The van der Waals surface area contributed by atoms with Crippen LogP contribution in [0.4, 0.5) is 0 Å². The summed E-state index contributed by atoms with van der Waals surface area (Å²) in [5.41, 5.74) is 1.73. The fraction of sp³-hybridized carbons (Fsp3) is 0.467. The highest BCUT2D eigenvalue weighted by Gasteiger charge is 2.65. The first kappa shape index (κ1) is 13.6. The van der Waals surface area contributed by atoms with Gasteiger partial charge in [-0.3, -0.25) is 9.59 Å². The van der Waals surface area contributed by atoms with Crippen LogP contribution in [0.15, 0.2) is 24.3 Å². The summed E-state index contributed by atoms with van der Waals surface area (Å²) in [6.45, 7) is 6.08. The van der Waals surface area contributed by atoms with Gasteiger partial charge in [0.2, 0.25) is 5.91 Å². The molecule has 1 aliphatic rings. The third-order valence-corrected chi connectivity index (χ3v) is 4.09. The number of aliphatic carboxylic acids is 1. The lowest BCUT2D eigenvalue weighted by Crippen LogP contribution is -2.27. The molecule has 0 saturated heterocycles. The van der Waals surface area contributed by atoms with Gasteiger partial charge in [-0.25, -0.2) is 0 Å². The zero-order valence-corrected chi connectivity index (χ0v) is 11.4. The average molecular weight is 261 g/mol. The van der Waals surface area contributed by atoms with E-state index < -0.39 is 23.2 Å². The van der Waals surface area contributed by atoms with Crippen molar-refractivity contribution in [1.82, 2.24) is 5.32 Å². The van der Waals surface area contributed by atoms with Gasteiger partial charge in [0, 0.05) is 6.54 Å². The Balaban J connectivity index is 1.97. The number of nitrogens with one attached hydrogen (secondary N) is 1.